The molecule has 0 spiro atoms. The van der Waals surface area contributed by atoms with Crippen LogP contribution in [0.2, 0.25) is 0 Å². The van der Waals surface area contributed by atoms with Gasteiger partial charge in [-0.15, -0.1) is 0 Å². The third kappa shape index (κ3) is 4.18. The molecule has 0 bridgehead atoms. The summed E-state index contributed by atoms with van der Waals surface area (Å²) in [5, 5.41) is 3.01. The molecule has 0 aliphatic rings. The molecule has 0 heterocycles. The zero-order valence-corrected chi connectivity index (χ0v) is 14.5. The smallest absolute Gasteiger partial charge is 0.251 e. The molecule has 4 heteroatoms. The van der Waals surface area contributed by atoms with Gasteiger partial charge in [0, 0.05) is 28.5 Å². The third-order valence-electron chi connectivity index (χ3n) is 3.77. The Bertz CT molecular complexity index is 633. The van der Waals surface area contributed by atoms with Crippen LogP contribution in [-0.2, 0) is 12.0 Å². The zero-order chi connectivity index (χ0) is 16.2. The van der Waals surface area contributed by atoms with Crippen LogP contribution in [0.4, 0.5) is 0 Å². The fourth-order valence-electron chi connectivity index (χ4n) is 2.20. The third-order valence-corrected chi connectivity index (χ3v) is 4.30. The second-order valence-electron chi connectivity index (χ2n) is 5.97. The molecule has 0 aliphatic carbocycles. The molecular weight excluding hydrogens is 340 g/mol. The van der Waals surface area contributed by atoms with E-state index in [9.17, 15) is 4.79 Å². The van der Waals surface area contributed by atoms with Gasteiger partial charge in [-0.3, -0.25) is 4.79 Å². The Labute approximate surface area is 140 Å². The van der Waals surface area contributed by atoms with Crippen LogP contribution < -0.4 is 11.1 Å². The van der Waals surface area contributed by atoms with Crippen molar-refractivity contribution in [3.8, 4) is 0 Å². The molecule has 0 saturated carbocycles. The topological polar surface area (TPSA) is 55.1 Å². The molecule has 22 heavy (non-hydrogen) atoms. The maximum atomic E-state index is 12.2. The van der Waals surface area contributed by atoms with Crippen LogP contribution in [0, 0.1) is 0 Å². The first-order chi connectivity index (χ1) is 10.4. The Morgan fingerprint density at radius 2 is 1.68 bits per heavy atom. The molecule has 3 N–H and O–H groups in total. The van der Waals surface area contributed by atoms with Crippen LogP contribution in [0.1, 0.15) is 35.3 Å². The molecular formula is C18H21BrN2O. The number of nitrogens with two attached hydrogens (primary N) is 1. The van der Waals surface area contributed by atoms with E-state index in [0.29, 0.717) is 18.7 Å². The van der Waals surface area contributed by atoms with Crippen molar-refractivity contribution in [2.45, 2.75) is 25.8 Å². The maximum Gasteiger partial charge on any atom is 0.251 e. The minimum atomic E-state index is -0.131. The number of carbonyl (C=O) groups excluding carboxylic acids is 1. The molecule has 0 saturated heterocycles. The standard InChI is InChI=1S/C18H21BrN2O/c1-18(2,15-7-9-16(19)10-8-15)12-21-17(22)14-5-3-13(11-20)4-6-14/h3-10H,11-12,20H2,1-2H3,(H,21,22). The highest BCUT2D eigenvalue weighted by Crippen LogP contribution is 2.24. The van der Waals surface area contributed by atoms with Gasteiger partial charge in [-0.25, -0.2) is 0 Å². The lowest BCUT2D eigenvalue weighted by Crippen LogP contribution is -2.36. The highest BCUT2D eigenvalue weighted by molar-refractivity contribution is 9.10. The van der Waals surface area contributed by atoms with E-state index in [-0.39, 0.29) is 11.3 Å². The molecule has 0 unspecified atom stereocenters. The van der Waals surface area contributed by atoms with Crippen molar-refractivity contribution in [2.24, 2.45) is 5.73 Å². The minimum Gasteiger partial charge on any atom is -0.351 e. The minimum absolute atomic E-state index is 0.0613. The number of hydrogen-bond donors (Lipinski definition) is 2. The van der Waals surface area contributed by atoms with E-state index in [0.717, 1.165) is 10.0 Å². The number of hydrogen-bond acceptors (Lipinski definition) is 2. The summed E-state index contributed by atoms with van der Waals surface area (Å²) in [4.78, 5) is 12.2. The zero-order valence-electron chi connectivity index (χ0n) is 12.9. The van der Waals surface area contributed by atoms with Crippen molar-refractivity contribution in [1.29, 1.82) is 0 Å². The van der Waals surface area contributed by atoms with E-state index in [1.165, 1.54) is 5.56 Å². The number of carbonyl (C=O) groups is 1. The van der Waals surface area contributed by atoms with E-state index in [2.05, 4.69) is 47.2 Å². The highest BCUT2D eigenvalue weighted by atomic mass is 79.9. The second kappa shape index (κ2) is 7.07. The first-order valence-electron chi connectivity index (χ1n) is 7.25. The molecule has 3 nitrogen and oxygen atoms in total. The summed E-state index contributed by atoms with van der Waals surface area (Å²) in [5.41, 5.74) is 8.30. The highest BCUT2D eigenvalue weighted by Gasteiger charge is 2.21. The first-order valence-corrected chi connectivity index (χ1v) is 8.05. The van der Waals surface area contributed by atoms with Gasteiger partial charge in [0.25, 0.3) is 5.91 Å². The SMILES string of the molecule is CC(C)(CNC(=O)c1ccc(CN)cc1)c1ccc(Br)cc1. The molecule has 2 aromatic rings. The van der Waals surface area contributed by atoms with Crippen molar-refractivity contribution in [3.63, 3.8) is 0 Å². The van der Waals surface area contributed by atoms with Gasteiger partial charge in [-0.1, -0.05) is 54.0 Å². The van der Waals surface area contributed by atoms with E-state index in [1.807, 2.05) is 36.4 Å². The second-order valence-corrected chi connectivity index (χ2v) is 6.89. The van der Waals surface area contributed by atoms with Crippen molar-refractivity contribution < 1.29 is 4.79 Å². The lowest BCUT2D eigenvalue weighted by atomic mass is 9.84. The number of amides is 1. The van der Waals surface area contributed by atoms with Gasteiger partial charge in [0.1, 0.15) is 0 Å². The molecule has 0 fully saturated rings. The molecule has 0 aliphatic heterocycles. The van der Waals surface area contributed by atoms with Crippen LogP contribution in [-0.4, -0.2) is 12.5 Å². The van der Waals surface area contributed by atoms with Gasteiger partial charge in [0.15, 0.2) is 0 Å². The summed E-state index contributed by atoms with van der Waals surface area (Å²) in [6.45, 7) is 5.30. The molecule has 1 amide bonds. The average Bonchev–Trinajstić information content (AvgIpc) is 2.53. The van der Waals surface area contributed by atoms with E-state index in [1.54, 1.807) is 0 Å². The van der Waals surface area contributed by atoms with Crippen molar-refractivity contribution in [2.75, 3.05) is 6.54 Å². The average molecular weight is 361 g/mol. The van der Waals surface area contributed by atoms with Crippen LogP contribution in [0.15, 0.2) is 53.0 Å². The molecule has 0 radical (unpaired) electrons. The fraction of sp³-hybridized carbons (Fsp3) is 0.278. The van der Waals surface area contributed by atoms with E-state index >= 15 is 0 Å². The van der Waals surface area contributed by atoms with Crippen molar-refractivity contribution in [1.82, 2.24) is 5.32 Å². The largest absolute Gasteiger partial charge is 0.351 e. The normalized spacial score (nSPS) is 11.3. The summed E-state index contributed by atoms with van der Waals surface area (Å²) in [6.07, 6.45) is 0. The van der Waals surface area contributed by atoms with Crippen LogP contribution in [0.3, 0.4) is 0 Å². The Morgan fingerprint density at radius 3 is 2.23 bits per heavy atom. The summed E-state index contributed by atoms with van der Waals surface area (Å²) in [6, 6.07) is 15.6. The molecule has 0 atom stereocenters. The quantitative estimate of drug-likeness (QED) is 0.855. The summed E-state index contributed by atoms with van der Waals surface area (Å²) >= 11 is 3.44. The number of halogens is 1. The van der Waals surface area contributed by atoms with Gasteiger partial charge in [-0.2, -0.15) is 0 Å². The van der Waals surface area contributed by atoms with E-state index in [4.69, 9.17) is 5.73 Å². The number of nitrogens with one attached hydrogen (secondary N) is 1. The van der Waals surface area contributed by atoms with Gasteiger partial charge in [-0.05, 0) is 35.4 Å². The molecule has 2 aromatic carbocycles. The van der Waals surface area contributed by atoms with Crippen molar-refractivity contribution >= 4 is 21.8 Å². The van der Waals surface area contributed by atoms with Crippen LogP contribution >= 0.6 is 15.9 Å². The maximum absolute atomic E-state index is 12.2. The number of rotatable bonds is 5. The molecule has 0 aromatic heterocycles. The predicted octanol–water partition coefficient (Wildman–Crippen LogP) is 3.62. The number of benzene rings is 2. The lowest BCUT2D eigenvalue weighted by Gasteiger charge is -2.25. The Morgan fingerprint density at radius 1 is 1.09 bits per heavy atom. The Kier molecular flexibility index (Phi) is 5.37. The van der Waals surface area contributed by atoms with E-state index < -0.39 is 0 Å². The first kappa shape index (κ1) is 16.7. The van der Waals surface area contributed by atoms with Gasteiger partial charge >= 0.3 is 0 Å². The van der Waals surface area contributed by atoms with Gasteiger partial charge in [0.05, 0.1) is 0 Å². The Balaban J connectivity index is 2.01. The van der Waals surface area contributed by atoms with Crippen LogP contribution in [0.5, 0.6) is 0 Å². The lowest BCUT2D eigenvalue weighted by molar-refractivity contribution is 0.0945. The van der Waals surface area contributed by atoms with Gasteiger partial charge < -0.3 is 11.1 Å². The van der Waals surface area contributed by atoms with Gasteiger partial charge in [0.2, 0.25) is 0 Å². The Hall–Kier alpha value is -1.65. The van der Waals surface area contributed by atoms with Crippen LogP contribution in [0.25, 0.3) is 0 Å². The molecule has 2 rings (SSSR count). The summed E-state index contributed by atoms with van der Waals surface area (Å²) in [5.74, 6) is -0.0613. The monoisotopic (exact) mass is 360 g/mol. The molecule has 116 valence electrons. The van der Waals surface area contributed by atoms with Crippen molar-refractivity contribution in [3.05, 3.63) is 69.7 Å². The summed E-state index contributed by atoms with van der Waals surface area (Å²) in [7, 11) is 0. The summed E-state index contributed by atoms with van der Waals surface area (Å²) < 4.78 is 1.05. The predicted molar refractivity (Wildman–Crippen MR) is 93.8 cm³/mol. The fourth-order valence-corrected chi connectivity index (χ4v) is 2.46.